The van der Waals surface area contributed by atoms with Crippen LogP contribution in [0.1, 0.15) is 16.7 Å². The van der Waals surface area contributed by atoms with E-state index in [0.29, 0.717) is 11.3 Å². The van der Waals surface area contributed by atoms with Gasteiger partial charge >= 0.3 is 0 Å². The molecule has 0 saturated heterocycles. The lowest BCUT2D eigenvalue weighted by atomic mass is 10.1. The summed E-state index contributed by atoms with van der Waals surface area (Å²) in [6.07, 6.45) is 0. The predicted molar refractivity (Wildman–Crippen MR) is 74.8 cm³/mol. The molecular formula is C15H15N3. The lowest BCUT2D eigenvalue weighted by Crippen LogP contribution is -1.97. The molecule has 0 unspecified atom stereocenters. The standard InChI is InChI=1S/C15H15N3/c1-10-6-12(17)8-13(7-10)18-15-5-3-4-11(2)14(15)9-16/h3-8,18H,17H2,1-2H3. The summed E-state index contributed by atoms with van der Waals surface area (Å²) >= 11 is 0. The van der Waals surface area contributed by atoms with Crippen LogP contribution >= 0.6 is 0 Å². The van der Waals surface area contributed by atoms with Crippen molar-refractivity contribution in [3.8, 4) is 6.07 Å². The van der Waals surface area contributed by atoms with Crippen LogP contribution in [-0.2, 0) is 0 Å². The molecule has 0 aliphatic carbocycles. The van der Waals surface area contributed by atoms with Gasteiger partial charge in [-0.1, -0.05) is 12.1 Å². The Balaban J connectivity index is 2.40. The zero-order valence-electron chi connectivity index (χ0n) is 10.5. The number of nitrogen functional groups attached to an aromatic ring is 1. The summed E-state index contributed by atoms with van der Waals surface area (Å²) in [4.78, 5) is 0. The van der Waals surface area contributed by atoms with Gasteiger partial charge in [-0.15, -0.1) is 0 Å². The molecule has 2 aromatic carbocycles. The smallest absolute Gasteiger partial charge is 0.102 e. The summed E-state index contributed by atoms with van der Waals surface area (Å²) in [7, 11) is 0. The van der Waals surface area contributed by atoms with Crippen LogP contribution in [0.2, 0.25) is 0 Å². The number of nitriles is 1. The van der Waals surface area contributed by atoms with Crippen LogP contribution in [0.5, 0.6) is 0 Å². The van der Waals surface area contributed by atoms with Crippen molar-refractivity contribution in [3.05, 3.63) is 53.1 Å². The Morgan fingerprint density at radius 2 is 1.94 bits per heavy atom. The highest BCUT2D eigenvalue weighted by molar-refractivity contribution is 5.70. The van der Waals surface area contributed by atoms with Crippen LogP contribution in [-0.4, -0.2) is 0 Å². The van der Waals surface area contributed by atoms with Crippen molar-refractivity contribution >= 4 is 17.1 Å². The maximum absolute atomic E-state index is 9.17. The summed E-state index contributed by atoms with van der Waals surface area (Å²) in [5, 5.41) is 12.4. The van der Waals surface area contributed by atoms with Gasteiger partial charge in [-0.3, -0.25) is 0 Å². The van der Waals surface area contributed by atoms with E-state index in [0.717, 1.165) is 22.5 Å². The first kappa shape index (κ1) is 12.0. The molecule has 0 aliphatic rings. The number of rotatable bonds is 2. The van der Waals surface area contributed by atoms with Crippen LogP contribution in [0.15, 0.2) is 36.4 Å². The zero-order valence-corrected chi connectivity index (χ0v) is 10.5. The van der Waals surface area contributed by atoms with Crippen LogP contribution in [0.3, 0.4) is 0 Å². The maximum atomic E-state index is 9.17. The number of nitrogens with zero attached hydrogens (tertiary/aromatic N) is 1. The first-order valence-electron chi connectivity index (χ1n) is 5.74. The molecule has 0 amide bonds. The van der Waals surface area contributed by atoms with Crippen molar-refractivity contribution in [2.24, 2.45) is 0 Å². The molecule has 0 fully saturated rings. The molecule has 3 nitrogen and oxygen atoms in total. The number of hydrogen-bond donors (Lipinski definition) is 2. The third-order valence-electron chi connectivity index (χ3n) is 2.76. The quantitative estimate of drug-likeness (QED) is 0.786. The van der Waals surface area contributed by atoms with Crippen LogP contribution in [0.4, 0.5) is 17.1 Å². The summed E-state index contributed by atoms with van der Waals surface area (Å²) < 4.78 is 0. The van der Waals surface area contributed by atoms with Gasteiger partial charge < -0.3 is 11.1 Å². The second kappa shape index (κ2) is 4.80. The van der Waals surface area contributed by atoms with Gasteiger partial charge in [0.15, 0.2) is 0 Å². The van der Waals surface area contributed by atoms with Crippen LogP contribution in [0, 0.1) is 25.2 Å². The average Bonchev–Trinajstić information content (AvgIpc) is 2.27. The lowest BCUT2D eigenvalue weighted by molar-refractivity contribution is 1.37. The van der Waals surface area contributed by atoms with E-state index >= 15 is 0 Å². The molecule has 0 spiro atoms. The molecule has 0 radical (unpaired) electrons. The van der Waals surface area contributed by atoms with Crippen molar-refractivity contribution in [1.29, 1.82) is 5.26 Å². The lowest BCUT2D eigenvalue weighted by Gasteiger charge is -2.11. The van der Waals surface area contributed by atoms with E-state index in [1.807, 2.05) is 50.2 Å². The van der Waals surface area contributed by atoms with Crippen LogP contribution in [0.25, 0.3) is 0 Å². The Bertz CT molecular complexity index is 604. The summed E-state index contributed by atoms with van der Waals surface area (Å²) in [5.74, 6) is 0. The van der Waals surface area contributed by atoms with Crippen molar-refractivity contribution in [2.75, 3.05) is 11.1 Å². The molecule has 2 aromatic rings. The van der Waals surface area contributed by atoms with Gasteiger partial charge in [0, 0.05) is 11.4 Å². The molecule has 0 atom stereocenters. The molecule has 0 heterocycles. The number of hydrogen-bond acceptors (Lipinski definition) is 3. The normalized spacial score (nSPS) is 9.83. The average molecular weight is 237 g/mol. The predicted octanol–water partition coefficient (Wildman–Crippen LogP) is 3.50. The molecular weight excluding hydrogens is 222 g/mol. The minimum absolute atomic E-state index is 0.664. The molecule has 0 saturated carbocycles. The fraction of sp³-hybridized carbons (Fsp3) is 0.133. The largest absolute Gasteiger partial charge is 0.399 e. The molecule has 3 N–H and O–H groups in total. The molecule has 0 bridgehead atoms. The monoisotopic (exact) mass is 237 g/mol. The third-order valence-corrected chi connectivity index (χ3v) is 2.76. The molecule has 18 heavy (non-hydrogen) atoms. The highest BCUT2D eigenvalue weighted by atomic mass is 14.9. The van der Waals surface area contributed by atoms with Gasteiger partial charge in [0.1, 0.15) is 6.07 Å². The van der Waals surface area contributed by atoms with Gasteiger partial charge in [-0.25, -0.2) is 0 Å². The number of benzene rings is 2. The highest BCUT2D eigenvalue weighted by Crippen LogP contribution is 2.25. The van der Waals surface area contributed by atoms with E-state index in [9.17, 15) is 5.26 Å². The Morgan fingerprint density at radius 3 is 2.61 bits per heavy atom. The fourth-order valence-electron chi connectivity index (χ4n) is 1.96. The highest BCUT2D eigenvalue weighted by Gasteiger charge is 2.05. The zero-order chi connectivity index (χ0) is 13.1. The second-order valence-electron chi connectivity index (χ2n) is 4.37. The van der Waals surface area contributed by atoms with E-state index in [4.69, 9.17) is 5.73 Å². The van der Waals surface area contributed by atoms with E-state index < -0.39 is 0 Å². The topological polar surface area (TPSA) is 61.8 Å². The number of aryl methyl sites for hydroxylation is 2. The molecule has 90 valence electrons. The van der Waals surface area contributed by atoms with E-state index in [2.05, 4.69) is 11.4 Å². The number of nitrogens with one attached hydrogen (secondary N) is 1. The van der Waals surface area contributed by atoms with E-state index in [1.54, 1.807) is 0 Å². The fourth-order valence-corrected chi connectivity index (χ4v) is 1.96. The van der Waals surface area contributed by atoms with Gasteiger partial charge in [0.05, 0.1) is 11.3 Å². The number of anilines is 3. The summed E-state index contributed by atoms with van der Waals surface area (Å²) in [6, 6.07) is 13.7. The minimum atomic E-state index is 0.664. The van der Waals surface area contributed by atoms with Gasteiger partial charge in [0.25, 0.3) is 0 Å². The molecule has 0 aliphatic heterocycles. The first-order chi connectivity index (χ1) is 8.60. The molecule has 0 aromatic heterocycles. The molecule has 3 heteroatoms. The first-order valence-corrected chi connectivity index (χ1v) is 5.74. The van der Waals surface area contributed by atoms with Gasteiger partial charge in [0.2, 0.25) is 0 Å². The summed E-state index contributed by atoms with van der Waals surface area (Å²) in [5.41, 5.74) is 10.9. The van der Waals surface area contributed by atoms with Crippen molar-refractivity contribution in [1.82, 2.24) is 0 Å². The maximum Gasteiger partial charge on any atom is 0.102 e. The number of nitrogens with two attached hydrogens (primary N) is 1. The van der Waals surface area contributed by atoms with Crippen LogP contribution < -0.4 is 11.1 Å². The Labute approximate surface area is 107 Å². The van der Waals surface area contributed by atoms with Crippen molar-refractivity contribution < 1.29 is 0 Å². The Kier molecular flexibility index (Phi) is 3.20. The molecule has 2 rings (SSSR count). The summed E-state index contributed by atoms with van der Waals surface area (Å²) in [6.45, 7) is 3.91. The Morgan fingerprint density at radius 1 is 1.17 bits per heavy atom. The minimum Gasteiger partial charge on any atom is -0.399 e. The van der Waals surface area contributed by atoms with Gasteiger partial charge in [-0.2, -0.15) is 5.26 Å². The van der Waals surface area contributed by atoms with Crippen molar-refractivity contribution in [2.45, 2.75) is 13.8 Å². The third kappa shape index (κ3) is 2.44. The second-order valence-corrected chi connectivity index (χ2v) is 4.37. The Hall–Kier alpha value is -2.47. The SMILES string of the molecule is Cc1cc(N)cc(Nc2cccc(C)c2C#N)c1. The van der Waals surface area contributed by atoms with Gasteiger partial charge in [-0.05, 0) is 49.2 Å². The van der Waals surface area contributed by atoms with E-state index in [-0.39, 0.29) is 0 Å². The van der Waals surface area contributed by atoms with Crippen molar-refractivity contribution in [3.63, 3.8) is 0 Å². The van der Waals surface area contributed by atoms with E-state index in [1.165, 1.54) is 0 Å².